The molecule has 0 radical (unpaired) electrons. The minimum absolute atomic E-state index is 0.310. The third kappa shape index (κ3) is 3.20. The predicted octanol–water partition coefficient (Wildman–Crippen LogP) is 3.10. The van der Waals surface area contributed by atoms with E-state index < -0.39 is 0 Å². The standard InChI is InChI=1S/C16H19FN2O/c1-19(9-8-12-6-4-3-5-7-12)15-11-16(20-2)14(18)10-13(15)17/h3-7,10-11H,8-9,18H2,1-2H3. The minimum atomic E-state index is -0.334. The summed E-state index contributed by atoms with van der Waals surface area (Å²) in [4.78, 5) is 1.87. The number of ether oxygens (including phenoxy) is 1. The number of nitrogen functional groups attached to an aromatic ring is 1. The van der Waals surface area contributed by atoms with E-state index in [0.29, 0.717) is 23.7 Å². The van der Waals surface area contributed by atoms with Crippen molar-refractivity contribution in [2.75, 3.05) is 31.3 Å². The first kappa shape index (κ1) is 14.2. The van der Waals surface area contributed by atoms with Gasteiger partial charge in [0.15, 0.2) is 0 Å². The smallest absolute Gasteiger partial charge is 0.148 e. The molecule has 0 saturated heterocycles. The zero-order valence-corrected chi connectivity index (χ0v) is 11.8. The summed E-state index contributed by atoms with van der Waals surface area (Å²) in [5, 5.41) is 0. The Kier molecular flexibility index (Phi) is 4.45. The van der Waals surface area contributed by atoms with Crippen LogP contribution in [0.5, 0.6) is 5.75 Å². The Balaban J connectivity index is 2.11. The number of methoxy groups -OCH3 is 1. The molecule has 0 spiro atoms. The van der Waals surface area contributed by atoms with E-state index in [2.05, 4.69) is 12.1 Å². The van der Waals surface area contributed by atoms with Crippen molar-refractivity contribution in [3.63, 3.8) is 0 Å². The Morgan fingerprint density at radius 1 is 1.20 bits per heavy atom. The molecular weight excluding hydrogens is 255 g/mol. The molecule has 0 heterocycles. The molecule has 0 amide bonds. The fourth-order valence-corrected chi connectivity index (χ4v) is 2.09. The molecule has 0 aliphatic heterocycles. The Morgan fingerprint density at radius 3 is 2.55 bits per heavy atom. The van der Waals surface area contributed by atoms with E-state index in [9.17, 15) is 4.39 Å². The van der Waals surface area contributed by atoms with Crippen LogP contribution in [-0.2, 0) is 6.42 Å². The molecule has 0 bridgehead atoms. The van der Waals surface area contributed by atoms with E-state index in [-0.39, 0.29) is 5.82 Å². The van der Waals surface area contributed by atoms with Gasteiger partial charge in [0, 0.05) is 25.7 Å². The van der Waals surface area contributed by atoms with Crippen LogP contribution in [0, 0.1) is 5.82 Å². The van der Waals surface area contributed by atoms with Gasteiger partial charge in [-0.25, -0.2) is 4.39 Å². The summed E-state index contributed by atoms with van der Waals surface area (Å²) in [7, 11) is 3.38. The van der Waals surface area contributed by atoms with Gasteiger partial charge in [-0.3, -0.25) is 0 Å². The molecule has 3 nitrogen and oxygen atoms in total. The molecule has 0 saturated carbocycles. The highest BCUT2D eigenvalue weighted by Crippen LogP contribution is 2.30. The van der Waals surface area contributed by atoms with Crippen LogP contribution < -0.4 is 15.4 Å². The first-order chi connectivity index (χ1) is 9.61. The topological polar surface area (TPSA) is 38.5 Å². The Labute approximate surface area is 118 Å². The first-order valence-corrected chi connectivity index (χ1v) is 6.50. The van der Waals surface area contributed by atoms with Crippen LogP contribution in [0.4, 0.5) is 15.8 Å². The van der Waals surface area contributed by atoms with Gasteiger partial charge in [-0.15, -0.1) is 0 Å². The van der Waals surface area contributed by atoms with Crippen LogP contribution in [0.3, 0.4) is 0 Å². The van der Waals surface area contributed by atoms with Gasteiger partial charge in [0.25, 0.3) is 0 Å². The number of hydrogen-bond donors (Lipinski definition) is 1. The van der Waals surface area contributed by atoms with E-state index in [1.807, 2.05) is 30.1 Å². The van der Waals surface area contributed by atoms with Gasteiger partial charge >= 0.3 is 0 Å². The molecule has 106 valence electrons. The van der Waals surface area contributed by atoms with Crippen LogP contribution in [0.25, 0.3) is 0 Å². The van der Waals surface area contributed by atoms with Crippen LogP contribution in [-0.4, -0.2) is 20.7 Å². The SMILES string of the molecule is COc1cc(N(C)CCc2ccccc2)c(F)cc1N. The number of nitrogens with two attached hydrogens (primary N) is 1. The zero-order chi connectivity index (χ0) is 14.5. The molecule has 2 aromatic carbocycles. The van der Waals surface area contributed by atoms with Crippen molar-refractivity contribution < 1.29 is 9.13 Å². The van der Waals surface area contributed by atoms with Crippen molar-refractivity contribution in [2.45, 2.75) is 6.42 Å². The van der Waals surface area contributed by atoms with Crippen molar-refractivity contribution in [3.05, 3.63) is 53.8 Å². The fraction of sp³-hybridized carbons (Fsp3) is 0.250. The van der Waals surface area contributed by atoms with Crippen molar-refractivity contribution in [1.82, 2.24) is 0 Å². The third-order valence-electron chi connectivity index (χ3n) is 3.29. The lowest BCUT2D eigenvalue weighted by Gasteiger charge is -2.21. The van der Waals surface area contributed by atoms with Gasteiger partial charge in [-0.05, 0) is 12.0 Å². The first-order valence-electron chi connectivity index (χ1n) is 6.50. The fourth-order valence-electron chi connectivity index (χ4n) is 2.09. The summed E-state index contributed by atoms with van der Waals surface area (Å²) < 4.78 is 19.1. The molecular formula is C16H19FN2O. The lowest BCUT2D eigenvalue weighted by molar-refractivity contribution is 0.416. The second-order valence-electron chi connectivity index (χ2n) is 4.70. The Morgan fingerprint density at radius 2 is 1.90 bits per heavy atom. The molecule has 0 unspecified atom stereocenters. The largest absolute Gasteiger partial charge is 0.495 e. The molecule has 4 heteroatoms. The van der Waals surface area contributed by atoms with Crippen LogP contribution in [0.2, 0.25) is 0 Å². The highest BCUT2D eigenvalue weighted by Gasteiger charge is 2.12. The lowest BCUT2D eigenvalue weighted by Crippen LogP contribution is -2.21. The monoisotopic (exact) mass is 274 g/mol. The summed E-state index contributed by atoms with van der Waals surface area (Å²) in [6.07, 6.45) is 0.851. The average Bonchev–Trinajstić information content (AvgIpc) is 2.46. The number of halogens is 1. The summed E-state index contributed by atoms with van der Waals surface area (Å²) in [6, 6.07) is 13.0. The maximum Gasteiger partial charge on any atom is 0.148 e. The van der Waals surface area contributed by atoms with Gasteiger partial charge in [0.1, 0.15) is 11.6 Å². The van der Waals surface area contributed by atoms with Crippen LogP contribution >= 0.6 is 0 Å². The molecule has 0 aromatic heterocycles. The minimum Gasteiger partial charge on any atom is -0.495 e. The summed E-state index contributed by atoms with van der Waals surface area (Å²) >= 11 is 0. The number of anilines is 2. The highest BCUT2D eigenvalue weighted by atomic mass is 19.1. The number of likely N-dealkylation sites (N-methyl/N-ethyl adjacent to an activating group) is 1. The van der Waals surface area contributed by atoms with E-state index in [0.717, 1.165) is 6.42 Å². The number of hydrogen-bond acceptors (Lipinski definition) is 3. The molecule has 2 N–H and O–H groups in total. The zero-order valence-electron chi connectivity index (χ0n) is 11.8. The maximum absolute atomic E-state index is 14.0. The van der Waals surface area contributed by atoms with Crippen molar-refractivity contribution in [2.24, 2.45) is 0 Å². The molecule has 0 aliphatic carbocycles. The van der Waals surface area contributed by atoms with Gasteiger partial charge in [-0.2, -0.15) is 0 Å². The van der Waals surface area contributed by atoms with Gasteiger partial charge in [0.05, 0.1) is 18.5 Å². The third-order valence-corrected chi connectivity index (χ3v) is 3.29. The average molecular weight is 274 g/mol. The molecule has 0 fully saturated rings. The highest BCUT2D eigenvalue weighted by molar-refractivity contribution is 5.63. The van der Waals surface area contributed by atoms with E-state index in [1.165, 1.54) is 18.7 Å². The van der Waals surface area contributed by atoms with E-state index in [1.54, 1.807) is 6.07 Å². The maximum atomic E-state index is 14.0. The van der Waals surface area contributed by atoms with Gasteiger partial charge < -0.3 is 15.4 Å². The molecule has 0 atom stereocenters. The molecule has 0 aliphatic rings. The summed E-state index contributed by atoms with van der Waals surface area (Å²) in [5.74, 6) is 0.159. The molecule has 2 rings (SSSR count). The normalized spacial score (nSPS) is 10.3. The van der Waals surface area contributed by atoms with E-state index >= 15 is 0 Å². The Hall–Kier alpha value is -2.23. The summed E-state index contributed by atoms with van der Waals surface area (Å²) in [5.41, 5.74) is 7.71. The Bertz CT molecular complexity index is 572. The van der Waals surface area contributed by atoms with Gasteiger partial charge in [-0.1, -0.05) is 30.3 Å². The number of nitrogens with zero attached hydrogens (tertiary/aromatic N) is 1. The second kappa shape index (κ2) is 6.28. The van der Waals surface area contributed by atoms with E-state index in [4.69, 9.17) is 10.5 Å². The quantitative estimate of drug-likeness (QED) is 0.851. The van der Waals surface area contributed by atoms with Crippen molar-refractivity contribution in [3.8, 4) is 5.75 Å². The lowest BCUT2D eigenvalue weighted by atomic mass is 10.1. The van der Waals surface area contributed by atoms with Crippen molar-refractivity contribution in [1.29, 1.82) is 0 Å². The van der Waals surface area contributed by atoms with Crippen molar-refractivity contribution >= 4 is 11.4 Å². The molecule has 20 heavy (non-hydrogen) atoms. The van der Waals surface area contributed by atoms with Crippen LogP contribution in [0.15, 0.2) is 42.5 Å². The summed E-state index contributed by atoms with van der Waals surface area (Å²) in [6.45, 7) is 0.716. The number of rotatable bonds is 5. The van der Waals surface area contributed by atoms with Crippen LogP contribution in [0.1, 0.15) is 5.56 Å². The van der Waals surface area contributed by atoms with Gasteiger partial charge in [0.2, 0.25) is 0 Å². The number of benzene rings is 2. The molecule has 2 aromatic rings. The second-order valence-corrected chi connectivity index (χ2v) is 4.70. The predicted molar refractivity (Wildman–Crippen MR) is 80.8 cm³/mol.